The smallest absolute Gasteiger partial charge is 0.258 e. The van der Waals surface area contributed by atoms with Gasteiger partial charge in [0.15, 0.2) is 17.6 Å². The monoisotopic (exact) mass is 517 g/mol. The average Bonchev–Trinajstić information content (AvgIpc) is 3.31. The van der Waals surface area contributed by atoms with E-state index >= 15 is 0 Å². The van der Waals surface area contributed by atoms with E-state index in [1.807, 2.05) is 78.2 Å². The number of carbonyl (C=O) groups is 2. The molecule has 4 aromatic rings. The number of nitrogens with zero attached hydrogens (tertiary/aromatic N) is 3. The fraction of sp³-hybridized carbons (Fsp3) is 0.286. The minimum Gasteiger partial charge on any atom is -0.484 e. The minimum atomic E-state index is -0.248. The number of hydrogen-bond donors (Lipinski definition) is 2. The van der Waals surface area contributed by atoms with E-state index in [0.29, 0.717) is 29.2 Å². The van der Waals surface area contributed by atoms with Crippen LogP contribution in [0.25, 0.3) is 10.8 Å². The molecule has 9 heteroatoms. The largest absolute Gasteiger partial charge is 0.484 e. The number of anilines is 1. The lowest BCUT2D eigenvalue weighted by atomic mass is 10.0. The highest BCUT2D eigenvalue weighted by Gasteiger charge is 2.14. The Morgan fingerprint density at radius 2 is 1.73 bits per heavy atom. The molecule has 0 aliphatic carbocycles. The van der Waals surface area contributed by atoms with Crippen molar-refractivity contribution in [2.24, 2.45) is 0 Å². The normalized spacial score (nSPS) is 11.0. The lowest BCUT2D eigenvalue weighted by Crippen LogP contribution is -2.29. The van der Waals surface area contributed by atoms with Gasteiger partial charge in [0, 0.05) is 12.2 Å². The molecule has 0 spiro atoms. The van der Waals surface area contributed by atoms with Crippen LogP contribution in [0.1, 0.15) is 38.1 Å². The number of benzene rings is 3. The van der Waals surface area contributed by atoms with Gasteiger partial charge in [-0.3, -0.25) is 9.59 Å². The second-order valence-corrected chi connectivity index (χ2v) is 9.77. The van der Waals surface area contributed by atoms with Crippen LogP contribution in [0.4, 0.5) is 5.69 Å². The van der Waals surface area contributed by atoms with Gasteiger partial charge in [-0.05, 0) is 53.4 Å². The molecule has 0 radical (unpaired) electrons. The highest BCUT2D eigenvalue weighted by molar-refractivity contribution is 7.99. The number of rotatable bonds is 11. The molecule has 3 aromatic carbocycles. The number of fused-ring (bicyclic) bond motifs is 1. The van der Waals surface area contributed by atoms with Gasteiger partial charge in [-0.2, -0.15) is 0 Å². The van der Waals surface area contributed by atoms with Gasteiger partial charge >= 0.3 is 0 Å². The maximum Gasteiger partial charge on any atom is 0.258 e. The molecule has 0 aliphatic heterocycles. The Hall–Kier alpha value is -3.85. The molecule has 0 saturated carbocycles. The lowest BCUT2D eigenvalue weighted by molar-refractivity contribution is -0.123. The molecule has 0 unspecified atom stereocenters. The molecule has 0 saturated heterocycles. The third-order valence-electron chi connectivity index (χ3n) is 5.84. The quantitative estimate of drug-likeness (QED) is 0.272. The van der Waals surface area contributed by atoms with Gasteiger partial charge in [-0.1, -0.05) is 68.1 Å². The third-order valence-corrected chi connectivity index (χ3v) is 6.80. The fourth-order valence-electron chi connectivity index (χ4n) is 3.79. The van der Waals surface area contributed by atoms with Crippen molar-refractivity contribution >= 4 is 40.0 Å². The third kappa shape index (κ3) is 7.10. The molecule has 0 fully saturated rings. The number of nitrogens with one attached hydrogen (secondary N) is 2. The molecule has 37 heavy (non-hydrogen) atoms. The molecular formula is C28H31N5O3S. The van der Waals surface area contributed by atoms with Gasteiger partial charge in [-0.25, -0.2) is 0 Å². The first kappa shape index (κ1) is 26.2. The Balaban J connectivity index is 1.25. The maximum absolute atomic E-state index is 12.5. The molecule has 4 rings (SSSR count). The summed E-state index contributed by atoms with van der Waals surface area (Å²) >= 11 is 1.31. The highest BCUT2D eigenvalue weighted by atomic mass is 32.2. The van der Waals surface area contributed by atoms with Crippen LogP contribution in [-0.4, -0.2) is 38.9 Å². The molecule has 192 valence electrons. The molecular weight excluding hydrogens is 486 g/mol. The first-order valence-corrected chi connectivity index (χ1v) is 13.2. The van der Waals surface area contributed by atoms with Crippen LogP contribution in [0, 0.1) is 0 Å². The van der Waals surface area contributed by atoms with E-state index in [-0.39, 0.29) is 30.7 Å². The van der Waals surface area contributed by atoms with Crippen LogP contribution >= 0.6 is 11.8 Å². The van der Waals surface area contributed by atoms with Gasteiger partial charge in [-0.15, -0.1) is 10.2 Å². The van der Waals surface area contributed by atoms with Crippen LogP contribution in [0.3, 0.4) is 0 Å². The van der Waals surface area contributed by atoms with E-state index in [1.54, 1.807) is 0 Å². The first-order chi connectivity index (χ1) is 17.9. The Kier molecular flexibility index (Phi) is 8.79. The molecule has 2 amide bonds. The van der Waals surface area contributed by atoms with Gasteiger partial charge in [0.1, 0.15) is 5.75 Å². The van der Waals surface area contributed by atoms with Gasteiger partial charge in [0.25, 0.3) is 5.91 Å². The summed E-state index contributed by atoms with van der Waals surface area (Å²) in [6, 6.07) is 21.6. The molecule has 1 aromatic heterocycles. The van der Waals surface area contributed by atoms with Crippen molar-refractivity contribution in [3.05, 3.63) is 78.1 Å². The summed E-state index contributed by atoms with van der Waals surface area (Å²) in [5.74, 6) is 1.53. The van der Waals surface area contributed by atoms with E-state index in [0.717, 1.165) is 16.5 Å². The Labute approximate surface area is 220 Å². The van der Waals surface area contributed by atoms with E-state index in [2.05, 4.69) is 34.7 Å². The summed E-state index contributed by atoms with van der Waals surface area (Å²) in [7, 11) is 0. The molecule has 0 aliphatic rings. The van der Waals surface area contributed by atoms with Crippen molar-refractivity contribution in [2.75, 3.05) is 17.7 Å². The number of thioether (sulfide) groups is 1. The Bertz CT molecular complexity index is 1370. The zero-order valence-corrected chi connectivity index (χ0v) is 22.0. The van der Waals surface area contributed by atoms with E-state index in [9.17, 15) is 9.59 Å². The standard InChI is InChI=1S/C28H31N5O3S/c1-4-33-25(16-29-26(34)17-36-24-13-10-20(11-14-24)19(2)3)31-32-28(33)37-18-27(35)30-23-12-9-21-7-5-6-8-22(21)15-23/h5-15,19H,4,16-18H2,1-3H3,(H,29,34)(H,30,35). The van der Waals surface area contributed by atoms with Crippen LogP contribution in [-0.2, 0) is 22.7 Å². The van der Waals surface area contributed by atoms with E-state index in [4.69, 9.17) is 4.74 Å². The number of ether oxygens (including phenoxy) is 1. The molecule has 2 N–H and O–H groups in total. The summed E-state index contributed by atoms with van der Waals surface area (Å²) in [5.41, 5.74) is 1.97. The first-order valence-electron chi connectivity index (χ1n) is 12.3. The summed E-state index contributed by atoms with van der Waals surface area (Å²) < 4.78 is 7.48. The predicted octanol–water partition coefficient (Wildman–Crippen LogP) is 5.00. The summed E-state index contributed by atoms with van der Waals surface area (Å²) in [5, 5.41) is 17.0. The van der Waals surface area contributed by atoms with Gasteiger partial charge < -0.3 is 19.9 Å². The fourth-order valence-corrected chi connectivity index (χ4v) is 4.62. The molecule has 1 heterocycles. The van der Waals surface area contributed by atoms with Crippen LogP contribution in [0.5, 0.6) is 5.75 Å². The number of hydrogen-bond acceptors (Lipinski definition) is 6. The van der Waals surface area contributed by atoms with Gasteiger partial charge in [0.05, 0.1) is 12.3 Å². The van der Waals surface area contributed by atoms with Crippen LogP contribution in [0.2, 0.25) is 0 Å². The second-order valence-electron chi connectivity index (χ2n) is 8.83. The predicted molar refractivity (Wildman–Crippen MR) is 147 cm³/mol. The number of amides is 2. The van der Waals surface area contributed by atoms with Crippen molar-refractivity contribution in [3.63, 3.8) is 0 Å². The summed E-state index contributed by atoms with van der Waals surface area (Å²) in [6.45, 7) is 6.98. The van der Waals surface area contributed by atoms with Crippen molar-refractivity contribution in [1.29, 1.82) is 0 Å². The lowest BCUT2D eigenvalue weighted by Gasteiger charge is -2.10. The zero-order valence-electron chi connectivity index (χ0n) is 21.2. The van der Waals surface area contributed by atoms with Crippen LogP contribution in [0.15, 0.2) is 71.9 Å². The summed E-state index contributed by atoms with van der Waals surface area (Å²) in [4.78, 5) is 24.8. The van der Waals surface area contributed by atoms with Crippen molar-refractivity contribution in [1.82, 2.24) is 20.1 Å². The maximum atomic E-state index is 12.5. The van der Waals surface area contributed by atoms with Crippen LogP contribution < -0.4 is 15.4 Å². The Morgan fingerprint density at radius 1 is 0.973 bits per heavy atom. The van der Waals surface area contributed by atoms with Crippen molar-refractivity contribution < 1.29 is 14.3 Å². The topological polar surface area (TPSA) is 98.1 Å². The van der Waals surface area contributed by atoms with Crippen molar-refractivity contribution in [2.45, 2.75) is 44.9 Å². The average molecular weight is 518 g/mol. The molecule has 0 atom stereocenters. The van der Waals surface area contributed by atoms with E-state index in [1.165, 1.54) is 17.3 Å². The molecule has 0 bridgehead atoms. The zero-order chi connectivity index (χ0) is 26.2. The van der Waals surface area contributed by atoms with Gasteiger partial charge in [0.2, 0.25) is 5.91 Å². The SMILES string of the molecule is CCn1c(CNC(=O)COc2ccc(C(C)C)cc2)nnc1SCC(=O)Nc1ccc2ccccc2c1. The molecule has 8 nitrogen and oxygen atoms in total. The minimum absolute atomic E-state index is 0.0855. The Morgan fingerprint density at radius 3 is 2.46 bits per heavy atom. The number of aromatic nitrogens is 3. The van der Waals surface area contributed by atoms with Crippen molar-refractivity contribution in [3.8, 4) is 5.75 Å². The summed E-state index contributed by atoms with van der Waals surface area (Å²) in [6.07, 6.45) is 0. The van der Waals surface area contributed by atoms with E-state index < -0.39 is 0 Å². The number of carbonyl (C=O) groups excluding carboxylic acids is 2. The second kappa shape index (κ2) is 12.4. The highest BCUT2D eigenvalue weighted by Crippen LogP contribution is 2.21.